The fraction of sp³-hybridized carbons (Fsp3) is 0.176. The molecule has 0 aromatic heterocycles. The standard InChI is InChI=1S/C17H17Cl/c1-11-5-7-13(3)15(9-11)14(4)16-10-12(2)6-8-17(16)18/h5-10H,4H2,1-3H3. The lowest BCUT2D eigenvalue weighted by Gasteiger charge is -2.13. The zero-order valence-electron chi connectivity index (χ0n) is 11.0. The molecule has 0 aliphatic carbocycles. The summed E-state index contributed by atoms with van der Waals surface area (Å²) in [6.45, 7) is 10.5. The van der Waals surface area contributed by atoms with E-state index >= 15 is 0 Å². The van der Waals surface area contributed by atoms with Crippen LogP contribution in [0.4, 0.5) is 0 Å². The fourth-order valence-corrected chi connectivity index (χ4v) is 2.31. The molecule has 0 saturated carbocycles. The van der Waals surface area contributed by atoms with Gasteiger partial charge in [0.25, 0.3) is 0 Å². The first-order chi connectivity index (χ1) is 8.49. The van der Waals surface area contributed by atoms with E-state index in [0.717, 1.165) is 16.2 Å². The summed E-state index contributed by atoms with van der Waals surface area (Å²) in [7, 11) is 0. The molecule has 2 rings (SSSR count). The van der Waals surface area contributed by atoms with Crippen LogP contribution in [0.5, 0.6) is 0 Å². The summed E-state index contributed by atoms with van der Waals surface area (Å²) in [5.41, 5.74) is 6.84. The van der Waals surface area contributed by atoms with E-state index in [1.54, 1.807) is 0 Å². The van der Waals surface area contributed by atoms with Crippen molar-refractivity contribution in [2.24, 2.45) is 0 Å². The van der Waals surface area contributed by atoms with Crippen LogP contribution in [0.2, 0.25) is 5.02 Å². The van der Waals surface area contributed by atoms with Crippen LogP contribution in [0.3, 0.4) is 0 Å². The van der Waals surface area contributed by atoms with Gasteiger partial charge in [-0.05, 0) is 49.6 Å². The van der Waals surface area contributed by atoms with Crippen molar-refractivity contribution in [1.29, 1.82) is 0 Å². The molecule has 2 aromatic rings. The van der Waals surface area contributed by atoms with Gasteiger partial charge in [0, 0.05) is 10.6 Å². The normalized spacial score (nSPS) is 10.4. The van der Waals surface area contributed by atoms with Crippen LogP contribution < -0.4 is 0 Å². The maximum absolute atomic E-state index is 6.27. The second kappa shape index (κ2) is 4.99. The van der Waals surface area contributed by atoms with Crippen LogP contribution in [0.15, 0.2) is 43.0 Å². The number of aryl methyl sites for hydroxylation is 3. The lowest BCUT2D eigenvalue weighted by molar-refractivity contribution is 1.35. The second-order valence-electron chi connectivity index (χ2n) is 4.78. The highest BCUT2D eigenvalue weighted by Gasteiger charge is 2.09. The first-order valence-corrected chi connectivity index (χ1v) is 6.40. The van der Waals surface area contributed by atoms with Crippen molar-refractivity contribution in [3.63, 3.8) is 0 Å². The second-order valence-corrected chi connectivity index (χ2v) is 5.19. The van der Waals surface area contributed by atoms with Crippen LogP contribution in [-0.4, -0.2) is 0 Å². The maximum Gasteiger partial charge on any atom is 0.0484 e. The Hall–Kier alpha value is -1.53. The highest BCUT2D eigenvalue weighted by Crippen LogP contribution is 2.30. The Morgan fingerprint density at radius 2 is 1.44 bits per heavy atom. The largest absolute Gasteiger partial charge is 0.0905 e. The third kappa shape index (κ3) is 2.49. The van der Waals surface area contributed by atoms with E-state index in [4.69, 9.17) is 11.6 Å². The molecule has 0 aliphatic rings. The zero-order valence-corrected chi connectivity index (χ0v) is 11.8. The number of benzene rings is 2. The summed E-state index contributed by atoms with van der Waals surface area (Å²) in [5.74, 6) is 0. The van der Waals surface area contributed by atoms with E-state index < -0.39 is 0 Å². The van der Waals surface area contributed by atoms with Gasteiger partial charge in [0.1, 0.15) is 0 Å². The van der Waals surface area contributed by atoms with Gasteiger partial charge in [-0.25, -0.2) is 0 Å². The highest BCUT2D eigenvalue weighted by atomic mass is 35.5. The average Bonchev–Trinajstić information content (AvgIpc) is 2.34. The molecule has 0 N–H and O–H groups in total. The number of rotatable bonds is 2. The van der Waals surface area contributed by atoms with Gasteiger partial charge in [-0.1, -0.05) is 53.6 Å². The predicted molar refractivity (Wildman–Crippen MR) is 80.2 cm³/mol. The van der Waals surface area contributed by atoms with Gasteiger partial charge in [0.2, 0.25) is 0 Å². The molecule has 92 valence electrons. The molecule has 0 radical (unpaired) electrons. The first kappa shape index (κ1) is 12.9. The van der Waals surface area contributed by atoms with Crippen molar-refractivity contribution in [2.75, 3.05) is 0 Å². The van der Waals surface area contributed by atoms with Gasteiger partial charge in [0.15, 0.2) is 0 Å². The molecular formula is C17H17Cl. The molecule has 2 aromatic carbocycles. The van der Waals surface area contributed by atoms with Crippen LogP contribution in [0.1, 0.15) is 27.8 Å². The van der Waals surface area contributed by atoms with Gasteiger partial charge in [-0.2, -0.15) is 0 Å². The van der Waals surface area contributed by atoms with Crippen LogP contribution in [0, 0.1) is 20.8 Å². The lowest BCUT2D eigenvalue weighted by Crippen LogP contribution is -1.93. The van der Waals surface area contributed by atoms with Crippen molar-refractivity contribution in [3.05, 3.63) is 75.8 Å². The average molecular weight is 257 g/mol. The Morgan fingerprint density at radius 3 is 2.11 bits per heavy atom. The quantitative estimate of drug-likeness (QED) is 0.682. The lowest BCUT2D eigenvalue weighted by atomic mass is 9.93. The molecule has 0 amide bonds. The summed E-state index contributed by atoms with van der Waals surface area (Å²) >= 11 is 6.27. The van der Waals surface area contributed by atoms with E-state index in [1.807, 2.05) is 12.1 Å². The van der Waals surface area contributed by atoms with Crippen molar-refractivity contribution in [3.8, 4) is 0 Å². The van der Waals surface area contributed by atoms with Crippen molar-refractivity contribution in [2.45, 2.75) is 20.8 Å². The Morgan fingerprint density at radius 1 is 0.889 bits per heavy atom. The highest BCUT2D eigenvalue weighted by molar-refractivity contribution is 6.32. The Bertz CT molecular complexity index is 556. The number of hydrogen-bond acceptors (Lipinski definition) is 0. The van der Waals surface area contributed by atoms with E-state index in [0.29, 0.717) is 0 Å². The summed E-state index contributed by atoms with van der Waals surface area (Å²) in [5, 5.41) is 0.756. The Labute approximate surface area is 114 Å². The van der Waals surface area contributed by atoms with Gasteiger partial charge in [-0.3, -0.25) is 0 Å². The first-order valence-electron chi connectivity index (χ1n) is 6.02. The smallest absolute Gasteiger partial charge is 0.0484 e. The zero-order chi connectivity index (χ0) is 13.3. The van der Waals surface area contributed by atoms with E-state index in [-0.39, 0.29) is 0 Å². The molecule has 0 unspecified atom stereocenters. The van der Waals surface area contributed by atoms with Gasteiger partial charge in [-0.15, -0.1) is 0 Å². The van der Waals surface area contributed by atoms with Crippen LogP contribution in [-0.2, 0) is 0 Å². The molecule has 0 bridgehead atoms. The Balaban J connectivity index is 2.54. The molecular weight excluding hydrogens is 240 g/mol. The maximum atomic E-state index is 6.27. The fourth-order valence-electron chi connectivity index (χ4n) is 2.08. The number of halogens is 1. The minimum atomic E-state index is 0.756. The van der Waals surface area contributed by atoms with Crippen LogP contribution in [0.25, 0.3) is 5.57 Å². The van der Waals surface area contributed by atoms with E-state index in [9.17, 15) is 0 Å². The van der Waals surface area contributed by atoms with Crippen molar-refractivity contribution in [1.82, 2.24) is 0 Å². The molecule has 0 aliphatic heterocycles. The van der Waals surface area contributed by atoms with Gasteiger partial charge >= 0.3 is 0 Å². The third-order valence-electron chi connectivity index (χ3n) is 3.17. The summed E-state index contributed by atoms with van der Waals surface area (Å²) in [6.07, 6.45) is 0. The number of hydrogen-bond donors (Lipinski definition) is 0. The summed E-state index contributed by atoms with van der Waals surface area (Å²) < 4.78 is 0. The third-order valence-corrected chi connectivity index (χ3v) is 3.49. The topological polar surface area (TPSA) is 0 Å². The molecule has 0 nitrogen and oxygen atoms in total. The van der Waals surface area contributed by atoms with Crippen molar-refractivity contribution >= 4 is 17.2 Å². The van der Waals surface area contributed by atoms with Crippen LogP contribution >= 0.6 is 11.6 Å². The van der Waals surface area contributed by atoms with Gasteiger partial charge < -0.3 is 0 Å². The SMILES string of the molecule is C=C(c1cc(C)ccc1C)c1cc(C)ccc1Cl. The molecule has 0 atom stereocenters. The minimum Gasteiger partial charge on any atom is -0.0905 e. The molecule has 0 spiro atoms. The summed E-state index contributed by atoms with van der Waals surface area (Å²) in [6, 6.07) is 12.4. The predicted octanol–water partition coefficient (Wildman–Crippen LogP) is 5.33. The summed E-state index contributed by atoms with van der Waals surface area (Å²) in [4.78, 5) is 0. The molecule has 0 heterocycles. The monoisotopic (exact) mass is 256 g/mol. The minimum absolute atomic E-state index is 0.756. The van der Waals surface area contributed by atoms with E-state index in [2.05, 4.69) is 51.6 Å². The molecule has 1 heteroatoms. The Kier molecular flexibility index (Phi) is 3.58. The van der Waals surface area contributed by atoms with E-state index in [1.165, 1.54) is 22.3 Å². The molecule has 18 heavy (non-hydrogen) atoms. The van der Waals surface area contributed by atoms with Crippen molar-refractivity contribution < 1.29 is 0 Å². The van der Waals surface area contributed by atoms with Gasteiger partial charge in [0.05, 0.1) is 0 Å². The molecule has 0 saturated heterocycles. The molecule has 0 fully saturated rings.